The fourth-order valence-electron chi connectivity index (χ4n) is 3.45. The Balaban J connectivity index is 1.54. The third-order valence-electron chi connectivity index (χ3n) is 5.05. The van der Waals surface area contributed by atoms with Crippen LogP contribution in [0.25, 0.3) is 0 Å². The van der Waals surface area contributed by atoms with Crippen LogP contribution in [0.5, 0.6) is 0 Å². The van der Waals surface area contributed by atoms with Crippen molar-refractivity contribution in [3.8, 4) is 0 Å². The van der Waals surface area contributed by atoms with Crippen molar-refractivity contribution in [2.75, 3.05) is 13.1 Å². The second kappa shape index (κ2) is 9.71. The highest BCUT2D eigenvalue weighted by atomic mass is 32.2. The molecule has 1 amide bonds. The van der Waals surface area contributed by atoms with Crippen LogP contribution in [0.2, 0.25) is 0 Å². The van der Waals surface area contributed by atoms with E-state index in [1.54, 1.807) is 17.0 Å². The van der Waals surface area contributed by atoms with Gasteiger partial charge in [-0.1, -0.05) is 24.3 Å². The molecule has 148 valence electrons. The number of carbonyl (C=O) groups excluding carboxylic acids is 1. The summed E-state index contributed by atoms with van der Waals surface area (Å²) in [6.45, 7) is 5.83. The number of rotatable bonds is 8. The molecule has 1 aliphatic heterocycles. The van der Waals surface area contributed by atoms with E-state index in [9.17, 15) is 14.9 Å². The quantitative estimate of drug-likeness (QED) is 0.406. The molecule has 0 aromatic heterocycles. The standard InChI is InChI=1S/C21H25N3O3S/c1-16(28-20-10-8-19(9-11-20)24(26)27)21(25)22-14-17-6-2-3-7-18(17)15-23-12-4-5-13-23/h2-3,6-11,16H,4-5,12-15H2,1H3,(H,22,25)/p+1/t16-/m0/s1. The predicted molar refractivity (Wildman–Crippen MR) is 110 cm³/mol. The lowest BCUT2D eigenvalue weighted by Crippen LogP contribution is -3.08. The Labute approximate surface area is 169 Å². The molecule has 1 aliphatic rings. The van der Waals surface area contributed by atoms with Crippen LogP contribution in [0.15, 0.2) is 53.4 Å². The number of nitrogens with zero attached hydrogens (tertiary/aromatic N) is 1. The Morgan fingerprint density at radius 2 is 1.79 bits per heavy atom. The molecule has 0 bridgehead atoms. The van der Waals surface area contributed by atoms with E-state index in [-0.39, 0.29) is 16.8 Å². The summed E-state index contributed by atoms with van der Waals surface area (Å²) in [7, 11) is 0. The molecular formula is C21H26N3O3S+. The number of hydrogen-bond donors (Lipinski definition) is 2. The second-order valence-electron chi connectivity index (χ2n) is 7.13. The minimum atomic E-state index is -0.425. The highest BCUT2D eigenvalue weighted by Crippen LogP contribution is 2.25. The van der Waals surface area contributed by atoms with Crippen molar-refractivity contribution in [3.05, 3.63) is 69.8 Å². The summed E-state index contributed by atoms with van der Waals surface area (Å²) >= 11 is 1.40. The monoisotopic (exact) mass is 400 g/mol. The van der Waals surface area contributed by atoms with Crippen LogP contribution < -0.4 is 10.2 Å². The molecule has 0 saturated carbocycles. The Morgan fingerprint density at radius 3 is 2.43 bits per heavy atom. The van der Waals surface area contributed by atoms with Gasteiger partial charge >= 0.3 is 0 Å². The van der Waals surface area contributed by atoms with Crippen LogP contribution in [0.1, 0.15) is 30.9 Å². The van der Waals surface area contributed by atoms with E-state index in [1.165, 1.54) is 61.0 Å². The van der Waals surface area contributed by atoms with Gasteiger partial charge in [0.15, 0.2) is 0 Å². The molecular weight excluding hydrogens is 374 g/mol. The summed E-state index contributed by atoms with van der Waals surface area (Å²) in [5.41, 5.74) is 2.52. The molecule has 0 spiro atoms. The number of non-ortho nitro benzene ring substituents is 1. The number of quaternary nitrogens is 1. The van der Waals surface area contributed by atoms with Crippen molar-refractivity contribution in [2.45, 2.75) is 43.0 Å². The van der Waals surface area contributed by atoms with E-state index in [0.717, 1.165) is 11.4 Å². The highest BCUT2D eigenvalue weighted by Gasteiger charge is 2.18. The van der Waals surface area contributed by atoms with Gasteiger partial charge in [-0.15, -0.1) is 11.8 Å². The number of amides is 1. The predicted octanol–water partition coefficient (Wildman–Crippen LogP) is 2.57. The second-order valence-corrected chi connectivity index (χ2v) is 8.55. The third-order valence-corrected chi connectivity index (χ3v) is 6.16. The van der Waals surface area contributed by atoms with Gasteiger partial charge in [-0.2, -0.15) is 0 Å². The van der Waals surface area contributed by atoms with Crippen LogP contribution in [-0.4, -0.2) is 29.2 Å². The maximum absolute atomic E-state index is 12.5. The molecule has 2 aromatic carbocycles. The first kappa shape index (κ1) is 20.4. The molecule has 6 nitrogen and oxygen atoms in total. The zero-order valence-corrected chi connectivity index (χ0v) is 16.8. The Kier molecular flexibility index (Phi) is 7.06. The van der Waals surface area contributed by atoms with E-state index in [2.05, 4.69) is 23.5 Å². The van der Waals surface area contributed by atoms with Crippen LogP contribution in [0.3, 0.4) is 0 Å². The van der Waals surface area contributed by atoms with Crippen molar-refractivity contribution >= 4 is 23.4 Å². The SMILES string of the molecule is C[C@H](Sc1ccc([N+](=O)[O-])cc1)C(=O)NCc1ccccc1C[NH+]1CCCC1. The molecule has 1 atom stereocenters. The first-order valence-corrected chi connectivity index (χ1v) is 10.5. The lowest BCUT2D eigenvalue weighted by atomic mass is 10.1. The van der Waals surface area contributed by atoms with E-state index < -0.39 is 4.92 Å². The lowest BCUT2D eigenvalue weighted by molar-refractivity contribution is -0.901. The van der Waals surface area contributed by atoms with Crippen molar-refractivity contribution in [1.29, 1.82) is 0 Å². The number of benzene rings is 2. The summed E-state index contributed by atoms with van der Waals surface area (Å²) in [6, 6.07) is 14.6. The fourth-order valence-corrected chi connectivity index (χ4v) is 4.35. The van der Waals surface area contributed by atoms with Crippen molar-refractivity contribution in [2.24, 2.45) is 0 Å². The zero-order chi connectivity index (χ0) is 19.9. The number of likely N-dealkylation sites (tertiary alicyclic amines) is 1. The fraction of sp³-hybridized carbons (Fsp3) is 0.381. The van der Waals surface area contributed by atoms with Gasteiger partial charge in [-0.05, 0) is 24.6 Å². The van der Waals surface area contributed by atoms with Crippen LogP contribution >= 0.6 is 11.8 Å². The summed E-state index contributed by atoms with van der Waals surface area (Å²) in [5.74, 6) is -0.0355. The van der Waals surface area contributed by atoms with Gasteiger partial charge in [0.2, 0.25) is 5.91 Å². The van der Waals surface area contributed by atoms with Gasteiger partial charge in [0.25, 0.3) is 5.69 Å². The van der Waals surface area contributed by atoms with Crippen LogP contribution in [0, 0.1) is 10.1 Å². The maximum Gasteiger partial charge on any atom is 0.269 e. The number of thioether (sulfide) groups is 1. The van der Waals surface area contributed by atoms with E-state index in [4.69, 9.17) is 0 Å². The van der Waals surface area contributed by atoms with Crippen molar-refractivity contribution < 1.29 is 14.6 Å². The molecule has 1 heterocycles. The van der Waals surface area contributed by atoms with Crippen LogP contribution in [-0.2, 0) is 17.9 Å². The molecule has 0 unspecified atom stereocenters. The van der Waals surface area contributed by atoms with Gasteiger partial charge < -0.3 is 10.2 Å². The van der Waals surface area contributed by atoms with E-state index in [0.29, 0.717) is 6.54 Å². The number of nitro benzene ring substituents is 1. The Bertz CT molecular complexity index is 820. The van der Waals surface area contributed by atoms with Gasteiger partial charge in [0, 0.05) is 42.0 Å². The molecule has 1 fully saturated rings. The summed E-state index contributed by atoms with van der Waals surface area (Å²) in [4.78, 5) is 25.3. The lowest BCUT2D eigenvalue weighted by Gasteiger charge is -2.16. The molecule has 3 rings (SSSR count). The Hall–Kier alpha value is -2.38. The minimum Gasteiger partial charge on any atom is -0.351 e. The highest BCUT2D eigenvalue weighted by molar-refractivity contribution is 8.00. The number of carbonyl (C=O) groups is 1. The topological polar surface area (TPSA) is 76.7 Å². The average molecular weight is 401 g/mol. The number of hydrogen-bond acceptors (Lipinski definition) is 4. The smallest absolute Gasteiger partial charge is 0.269 e. The molecule has 0 radical (unpaired) electrons. The molecule has 1 saturated heterocycles. The minimum absolute atomic E-state index is 0.0355. The van der Waals surface area contributed by atoms with Gasteiger partial charge in [-0.3, -0.25) is 14.9 Å². The summed E-state index contributed by atoms with van der Waals surface area (Å²) < 4.78 is 0. The summed E-state index contributed by atoms with van der Waals surface area (Å²) in [5, 5.41) is 13.5. The van der Waals surface area contributed by atoms with Crippen molar-refractivity contribution in [3.63, 3.8) is 0 Å². The molecule has 2 aromatic rings. The van der Waals surface area contributed by atoms with Gasteiger partial charge in [-0.25, -0.2) is 0 Å². The first-order chi connectivity index (χ1) is 13.5. The van der Waals surface area contributed by atoms with Crippen molar-refractivity contribution in [1.82, 2.24) is 5.32 Å². The molecule has 7 heteroatoms. The molecule has 0 aliphatic carbocycles. The number of nitro groups is 1. The largest absolute Gasteiger partial charge is 0.351 e. The van der Waals surface area contributed by atoms with E-state index in [1.807, 2.05) is 13.0 Å². The molecule has 2 N–H and O–H groups in total. The summed E-state index contributed by atoms with van der Waals surface area (Å²) in [6.07, 6.45) is 2.59. The number of nitrogens with one attached hydrogen (secondary N) is 2. The van der Waals surface area contributed by atoms with Crippen LogP contribution in [0.4, 0.5) is 5.69 Å². The zero-order valence-electron chi connectivity index (χ0n) is 16.0. The normalized spacial score (nSPS) is 15.3. The first-order valence-electron chi connectivity index (χ1n) is 9.62. The van der Waals surface area contributed by atoms with Gasteiger partial charge in [0.1, 0.15) is 6.54 Å². The van der Waals surface area contributed by atoms with E-state index >= 15 is 0 Å². The Morgan fingerprint density at radius 1 is 1.14 bits per heavy atom. The maximum atomic E-state index is 12.5. The van der Waals surface area contributed by atoms with Gasteiger partial charge in [0.05, 0.1) is 23.3 Å². The molecule has 28 heavy (non-hydrogen) atoms. The average Bonchev–Trinajstić information content (AvgIpc) is 3.20. The third kappa shape index (κ3) is 5.56.